The van der Waals surface area contributed by atoms with E-state index in [4.69, 9.17) is 9.84 Å². The second-order valence-electron chi connectivity index (χ2n) is 4.73. The Bertz CT molecular complexity index is 227. The monoisotopic (exact) mass is 233 g/mol. The van der Waals surface area contributed by atoms with E-state index < -0.39 is 11.7 Å². The molecule has 88 valence electrons. The summed E-state index contributed by atoms with van der Waals surface area (Å²) >= 11 is 1.74. The maximum Gasteiger partial charge on any atom is 0.407 e. The minimum absolute atomic E-state index is 0.0369. The molecule has 4 nitrogen and oxygen atoms in total. The molecule has 0 aromatic carbocycles. The van der Waals surface area contributed by atoms with Gasteiger partial charge >= 0.3 is 6.09 Å². The molecule has 1 rings (SSSR count). The number of ether oxygens (including phenoxy) is 1. The van der Waals surface area contributed by atoms with Crippen LogP contribution >= 0.6 is 11.8 Å². The Hall–Kier alpha value is -0.420. The van der Waals surface area contributed by atoms with Crippen LogP contribution in [0.3, 0.4) is 0 Å². The molecule has 0 unspecified atom stereocenters. The molecule has 0 aliphatic carbocycles. The van der Waals surface area contributed by atoms with E-state index in [1.54, 1.807) is 11.8 Å². The van der Waals surface area contributed by atoms with Crippen molar-refractivity contribution < 1.29 is 14.6 Å². The number of aliphatic hydroxyl groups is 1. The summed E-state index contributed by atoms with van der Waals surface area (Å²) in [5.41, 5.74) is -0.468. The molecule has 0 saturated carbocycles. The fourth-order valence-electron chi connectivity index (χ4n) is 1.40. The molecule has 5 heteroatoms. The lowest BCUT2D eigenvalue weighted by Gasteiger charge is -2.23. The third kappa shape index (κ3) is 4.30. The fourth-order valence-corrected chi connectivity index (χ4v) is 2.78. The third-order valence-corrected chi connectivity index (χ3v) is 3.39. The predicted octanol–water partition coefficient (Wildman–Crippen LogP) is 1.23. The first-order chi connectivity index (χ1) is 6.92. The van der Waals surface area contributed by atoms with Gasteiger partial charge in [-0.3, -0.25) is 0 Å². The van der Waals surface area contributed by atoms with Crippen molar-refractivity contribution >= 4 is 17.9 Å². The van der Waals surface area contributed by atoms with Gasteiger partial charge < -0.3 is 15.2 Å². The number of hydrogen-bond donors (Lipinski definition) is 2. The summed E-state index contributed by atoms with van der Waals surface area (Å²) in [6.07, 6.45) is -0.395. The highest BCUT2D eigenvalue weighted by molar-refractivity contribution is 7.99. The Morgan fingerprint density at radius 3 is 2.73 bits per heavy atom. The summed E-state index contributed by atoms with van der Waals surface area (Å²) < 4.78 is 5.15. The van der Waals surface area contributed by atoms with Crippen LogP contribution in [0, 0.1) is 5.92 Å². The average Bonchev–Trinajstić information content (AvgIpc) is 2.48. The van der Waals surface area contributed by atoms with E-state index in [-0.39, 0.29) is 18.6 Å². The van der Waals surface area contributed by atoms with Crippen LogP contribution in [0.2, 0.25) is 0 Å². The summed E-state index contributed by atoms with van der Waals surface area (Å²) in [6.45, 7) is 5.62. The van der Waals surface area contributed by atoms with Crippen LogP contribution in [0.15, 0.2) is 0 Å². The van der Waals surface area contributed by atoms with Gasteiger partial charge in [0.05, 0.1) is 0 Å². The Morgan fingerprint density at radius 1 is 1.53 bits per heavy atom. The number of alkyl carbamates (subject to hydrolysis) is 1. The van der Waals surface area contributed by atoms with Gasteiger partial charge in [0.15, 0.2) is 0 Å². The van der Waals surface area contributed by atoms with Crippen LogP contribution in [-0.2, 0) is 4.74 Å². The van der Waals surface area contributed by atoms with Crippen LogP contribution < -0.4 is 5.32 Å². The molecular formula is C10H19NO3S. The maximum atomic E-state index is 11.5. The van der Waals surface area contributed by atoms with E-state index in [1.807, 2.05) is 20.8 Å². The van der Waals surface area contributed by atoms with Gasteiger partial charge in [-0.05, 0) is 20.8 Å². The second kappa shape index (κ2) is 5.07. The summed E-state index contributed by atoms with van der Waals surface area (Å²) in [6, 6.07) is 0.0369. The normalized spacial score (nSPS) is 26.4. The summed E-state index contributed by atoms with van der Waals surface area (Å²) in [4.78, 5) is 11.5. The van der Waals surface area contributed by atoms with Gasteiger partial charge in [0.2, 0.25) is 0 Å². The second-order valence-corrected chi connectivity index (χ2v) is 5.81. The molecule has 1 aliphatic heterocycles. The number of nitrogens with one attached hydrogen (secondary N) is 1. The van der Waals surface area contributed by atoms with Crippen molar-refractivity contribution in [2.75, 3.05) is 18.1 Å². The highest BCUT2D eigenvalue weighted by atomic mass is 32.2. The first-order valence-corrected chi connectivity index (χ1v) is 6.26. The van der Waals surface area contributed by atoms with Gasteiger partial charge in [-0.15, -0.1) is 0 Å². The minimum atomic E-state index is -0.468. The van der Waals surface area contributed by atoms with Crippen molar-refractivity contribution in [1.29, 1.82) is 0 Å². The molecule has 1 saturated heterocycles. The van der Waals surface area contributed by atoms with Gasteiger partial charge in [-0.1, -0.05) is 0 Å². The number of thioether (sulfide) groups is 1. The number of amides is 1. The van der Waals surface area contributed by atoms with Crippen LogP contribution in [0.1, 0.15) is 20.8 Å². The zero-order valence-electron chi connectivity index (χ0n) is 9.45. The van der Waals surface area contributed by atoms with E-state index in [0.29, 0.717) is 0 Å². The molecular weight excluding hydrogens is 214 g/mol. The molecule has 0 aromatic rings. The molecule has 1 fully saturated rings. The molecule has 0 bridgehead atoms. The third-order valence-electron chi connectivity index (χ3n) is 2.14. The average molecular weight is 233 g/mol. The Kier molecular flexibility index (Phi) is 4.28. The fraction of sp³-hybridized carbons (Fsp3) is 0.900. The van der Waals surface area contributed by atoms with Crippen LogP contribution in [0.5, 0.6) is 0 Å². The highest BCUT2D eigenvalue weighted by Crippen LogP contribution is 2.24. The van der Waals surface area contributed by atoms with Crippen molar-refractivity contribution in [2.24, 2.45) is 5.92 Å². The first kappa shape index (κ1) is 12.6. The highest BCUT2D eigenvalue weighted by Gasteiger charge is 2.29. The topological polar surface area (TPSA) is 58.6 Å². The SMILES string of the molecule is CC(C)(C)OC(=O)N[C@@H]1CSC[C@@H]1CO. The lowest BCUT2D eigenvalue weighted by Crippen LogP contribution is -2.43. The largest absolute Gasteiger partial charge is 0.444 e. The maximum absolute atomic E-state index is 11.5. The number of hydrogen-bond acceptors (Lipinski definition) is 4. The van der Waals surface area contributed by atoms with E-state index in [9.17, 15) is 4.79 Å². The van der Waals surface area contributed by atoms with E-state index >= 15 is 0 Å². The molecule has 0 spiro atoms. The molecule has 1 aliphatic rings. The van der Waals surface area contributed by atoms with Crippen molar-refractivity contribution in [3.63, 3.8) is 0 Å². The Labute approximate surface area is 94.8 Å². The Balaban J connectivity index is 2.37. The van der Waals surface area contributed by atoms with Crippen molar-refractivity contribution in [1.82, 2.24) is 5.32 Å². The number of carbonyl (C=O) groups excluding carboxylic acids is 1. The van der Waals surface area contributed by atoms with Gasteiger partial charge in [-0.2, -0.15) is 11.8 Å². The van der Waals surface area contributed by atoms with Crippen molar-refractivity contribution in [3.05, 3.63) is 0 Å². The van der Waals surface area contributed by atoms with Crippen molar-refractivity contribution in [2.45, 2.75) is 32.4 Å². The summed E-state index contributed by atoms with van der Waals surface area (Å²) in [5, 5.41) is 11.9. The molecule has 0 aromatic heterocycles. The van der Waals surface area contributed by atoms with Crippen LogP contribution in [0.4, 0.5) is 4.79 Å². The zero-order valence-corrected chi connectivity index (χ0v) is 10.3. The van der Waals surface area contributed by atoms with Crippen LogP contribution in [0.25, 0.3) is 0 Å². The molecule has 1 heterocycles. The zero-order chi connectivity index (χ0) is 11.5. The standard InChI is InChI=1S/C10H19NO3S/c1-10(2,3)14-9(13)11-8-6-15-5-7(8)4-12/h7-8,12H,4-6H2,1-3H3,(H,11,13)/t7-,8+/m0/s1. The molecule has 2 atom stereocenters. The first-order valence-electron chi connectivity index (χ1n) is 5.10. The minimum Gasteiger partial charge on any atom is -0.444 e. The number of carbonyl (C=O) groups is 1. The molecule has 15 heavy (non-hydrogen) atoms. The van der Waals surface area contributed by atoms with Gasteiger partial charge in [0.25, 0.3) is 0 Å². The van der Waals surface area contributed by atoms with Gasteiger partial charge in [-0.25, -0.2) is 4.79 Å². The van der Waals surface area contributed by atoms with E-state index in [2.05, 4.69) is 5.32 Å². The molecule has 1 amide bonds. The van der Waals surface area contributed by atoms with E-state index in [1.165, 1.54) is 0 Å². The number of aliphatic hydroxyl groups excluding tert-OH is 1. The lowest BCUT2D eigenvalue weighted by molar-refractivity contribution is 0.0489. The Morgan fingerprint density at radius 2 is 2.20 bits per heavy atom. The van der Waals surface area contributed by atoms with Crippen LogP contribution in [-0.4, -0.2) is 41.0 Å². The summed E-state index contributed by atoms with van der Waals surface area (Å²) in [7, 11) is 0. The lowest BCUT2D eigenvalue weighted by atomic mass is 10.1. The van der Waals surface area contributed by atoms with Gasteiger partial charge in [0.1, 0.15) is 5.60 Å². The molecule has 0 radical (unpaired) electrons. The van der Waals surface area contributed by atoms with Crippen molar-refractivity contribution in [3.8, 4) is 0 Å². The van der Waals surface area contributed by atoms with Gasteiger partial charge in [0, 0.05) is 30.1 Å². The summed E-state index contributed by atoms with van der Waals surface area (Å²) in [5.74, 6) is 1.91. The van der Waals surface area contributed by atoms with E-state index in [0.717, 1.165) is 11.5 Å². The molecule has 2 N–H and O–H groups in total. The smallest absolute Gasteiger partial charge is 0.407 e. The quantitative estimate of drug-likeness (QED) is 0.753. The predicted molar refractivity (Wildman–Crippen MR) is 61.1 cm³/mol. The number of rotatable bonds is 2.